The highest BCUT2D eigenvalue weighted by Crippen LogP contribution is 2.24. The number of urea groups is 1. The molecule has 5 amide bonds. The van der Waals surface area contributed by atoms with Gasteiger partial charge in [0.1, 0.15) is 17.8 Å². The average molecular weight is 467 g/mol. The quantitative estimate of drug-likeness (QED) is 0.491. The average Bonchev–Trinajstić information content (AvgIpc) is 3.03. The number of nitrogens with zero attached hydrogens (tertiary/aromatic N) is 1. The number of anilines is 1. The number of imide groups is 1. The van der Waals surface area contributed by atoms with Crippen LogP contribution in [-0.2, 0) is 20.8 Å². The fraction of sp³-hybridized carbons (Fsp3) is 0.360. The summed E-state index contributed by atoms with van der Waals surface area (Å²) in [6, 6.07) is 12.4. The van der Waals surface area contributed by atoms with E-state index in [2.05, 4.69) is 16.0 Å². The van der Waals surface area contributed by atoms with E-state index in [9.17, 15) is 19.2 Å². The number of amides is 5. The lowest BCUT2D eigenvalue weighted by Gasteiger charge is -2.21. The number of rotatable bonds is 9. The number of nitrogens with one attached hydrogen (secondary N) is 3. The summed E-state index contributed by atoms with van der Waals surface area (Å²) in [5.41, 5.74) is 2.53. The van der Waals surface area contributed by atoms with Gasteiger partial charge in [-0.25, -0.2) is 4.79 Å². The van der Waals surface area contributed by atoms with Crippen LogP contribution >= 0.6 is 0 Å². The van der Waals surface area contributed by atoms with Crippen LogP contribution in [0.25, 0.3) is 0 Å². The summed E-state index contributed by atoms with van der Waals surface area (Å²) in [4.78, 5) is 50.7. The fourth-order valence-corrected chi connectivity index (χ4v) is 3.71. The second kappa shape index (κ2) is 10.4. The Morgan fingerprint density at radius 2 is 1.76 bits per heavy atom. The number of ether oxygens (including phenoxy) is 1. The van der Waals surface area contributed by atoms with E-state index in [1.54, 1.807) is 20.1 Å². The number of hydrogen-bond donors (Lipinski definition) is 3. The highest BCUT2D eigenvalue weighted by atomic mass is 16.5. The molecule has 0 bridgehead atoms. The third-order valence-electron chi connectivity index (χ3n) is 6.04. The largest absolute Gasteiger partial charge is 0.497 e. The summed E-state index contributed by atoms with van der Waals surface area (Å²) in [7, 11) is 1.59. The third-order valence-corrected chi connectivity index (χ3v) is 6.04. The molecule has 0 radical (unpaired) electrons. The first-order chi connectivity index (χ1) is 16.1. The van der Waals surface area contributed by atoms with Crippen molar-refractivity contribution >= 4 is 29.4 Å². The van der Waals surface area contributed by atoms with E-state index in [0.717, 1.165) is 27.3 Å². The molecule has 1 saturated heterocycles. The number of methoxy groups -OCH3 is 1. The van der Waals surface area contributed by atoms with Crippen LogP contribution in [0.4, 0.5) is 10.5 Å². The molecule has 1 fully saturated rings. The predicted molar refractivity (Wildman–Crippen MR) is 128 cm³/mol. The van der Waals surface area contributed by atoms with Crippen LogP contribution in [0.1, 0.15) is 30.0 Å². The number of carbonyl (C=O) groups is 4. The van der Waals surface area contributed by atoms with Gasteiger partial charge in [0.15, 0.2) is 0 Å². The lowest BCUT2D eigenvalue weighted by Crippen LogP contribution is -2.46. The molecule has 9 heteroatoms. The van der Waals surface area contributed by atoms with Gasteiger partial charge in [-0.3, -0.25) is 19.3 Å². The smallest absolute Gasteiger partial charge is 0.325 e. The van der Waals surface area contributed by atoms with Crippen molar-refractivity contribution in [2.45, 2.75) is 39.2 Å². The molecule has 9 nitrogen and oxygen atoms in total. The Morgan fingerprint density at radius 3 is 2.44 bits per heavy atom. The SMILES string of the molecule is COc1ccc(CC[C@@]2(C)NC(=O)N(CC(=O)NCC(=O)Nc3cccc(C)c3C)C2=O)cc1. The maximum absolute atomic E-state index is 12.9. The molecule has 3 N–H and O–H groups in total. The van der Waals surface area contributed by atoms with E-state index in [1.165, 1.54) is 0 Å². The molecule has 1 aliphatic heterocycles. The third kappa shape index (κ3) is 5.72. The molecule has 34 heavy (non-hydrogen) atoms. The standard InChI is InChI=1S/C25H30N4O5/c1-16-6-5-7-20(17(16)2)27-21(30)14-26-22(31)15-29-23(32)25(3,28-24(29)33)13-12-18-8-10-19(34-4)11-9-18/h5-11H,12-15H2,1-4H3,(H,26,31)(H,27,30)(H,28,33)/t25-/m1/s1. The molecule has 0 spiro atoms. The van der Waals surface area contributed by atoms with Crippen molar-refractivity contribution in [1.29, 1.82) is 0 Å². The van der Waals surface area contributed by atoms with Gasteiger partial charge in [-0.1, -0.05) is 24.3 Å². The molecular weight excluding hydrogens is 436 g/mol. The Hall–Kier alpha value is -3.88. The van der Waals surface area contributed by atoms with E-state index in [-0.39, 0.29) is 6.54 Å². The number of benzene rings is 2. The topological polar surface area (TPSA) is 117 Å². The molecular formula is C25H30N4O5. The highest BCUT2D eigenvalue weighted by Gasteiger charge is 2.47. The van der Waals surface area contributed by atoms with Crippen molar-refractivity contribution in [2.24, 2.45) is 0 Å². The molecule has 3 rings (SSSR count). The van der Waals surface area contributed by atoms with Crippen LogP contribution < -0.4 is 20.7 Å². The van der Waals surface area contributed by atoms with Crippen molar-refractivity contribution in [2.75, 3.05) is 25.5 Å². The molecule has 2 aromatic rings. The number of carbonyl (C=O) groups excluding carboxylic acids is 4. The monoisotopic (exact) mass is 466 g/mol. The maximum Gasteiger partial charge on any atom is 0.325 e. The van der Waals surface area contributed by atoms with Gasteiger partial charge in [0.05, 0.1) is 13.7 Å². The van der Waals surface area contributed by atoms with Gasteiger partial charge in [0.25, 0.3) is 5.91 Å². The van der Waals surface area contributed by atoms with E-state index in [4.69, 9.17) is 4.74 Å². The highest BCUT2D eigenvalue weighted by molar-refractivity contribution is 6.09. The normalized spacial score (nSPS) is 17.4. The van der Waals surface area contributed by atoms with Crippen molar-refractivity contribution in [3.8, 4) is 5.75 Å². The summed E-state index contributed by atoms with van der Waals surface area (Å²) < 4.78 is 5.14. The molecule has 0 aliphatic carbocycles. The molecule has 1 aliphatic rings. The second-order valence-corrected chi connectivity index (χ2v) is 8.57. The minimum Gasteiger partial charge on any atom is -0.497 e. The van der Waals surface area contributed by atoms with Gasteiger partial charge >= 0.3 is 6.03 Å². The molecule has 180 valence electrons. The van der Waals surface area contributed by atoms with Crippen LogP contribution in [0.2, 0.25) is 0 Å². The Kier molecular flexibility index (Phi) is 7.55. The zero-order chi connectivity index (χ0) is 24.9. The minimum absolute atomic E-state index is 0.273. The van der Waals surface area contributed by atoms with E-state index >= 15 is 0 Å². The lowest BCUT2D eigenvalue weighted by atomic mass is 9.93. The Bertz CT molecular complexity index is 1100. The number of aryl methyl sites for hydroxylation is 2. The Morgan fingerprint density at radius 1 is 1.06 bits per heavy atom. The van der Waals surface area contributed by atoms with Crippen LogP contribution in [-0.4, -0.2) is 54.4 Å². The van der Waals surface area contributed by atoms with Crippen LogP contribution in [0.5, 0.6) is 5.75 Å². The van der Waals surface area contributed by atoms with Gasteiger partial charge in [-0.2, -0.15) is 0 Å². The molecule has 0 saturated carbocycles. The Balaban J connectivity index is 1.51. The van der Waals surface area contributed by atoms with E-state index in [1.807, 2.05) is 50.2 Å². The predicted octanol–water partition coefficient (Wildman–Crippen LogP) is 2.31. The number of hydrogen-bond acceptors (Lipinski definition) is 5. The maximum atomic E-state index is 12.9. The summed E-state index contributed by atoms with van der Waals surface area (Å²) in [5.74, 6) is -0.733. The molecule has 0 aromatic heterocycles. The van der Waals surface area contributed by atoms with E-state index in [0.29, 0.717) is 18.5 Å². The fourth-order valence-electron chi connectivity index (χ4n) is 3.71. The minimum atomic E-state index is -1.11. The van der Waals surface area contributed by atoms with Gasteiger partial charge < -0.3 is 20.7 Å². The van der Waals surface area contributed by atoms with Crippen molar-refractivity contribution in [1.82, 2.24) is 15.5 Å². The molecule has 0 unspecified atom stereocenters. The summed E-state index contributed by atoms with van der Waals surface area (Å²) in [6.07, 6.45) is 0.936. The first kappa shape index (κ1) is 24.8. The summed E-state index contributed by atoms with van der Waals surface area (Å²) in [6.45, 7) is 4.75. The van der Waals surface area contributed by atoms with Gasteiger partial charge in [-0.05, 0) is 68.5 Å². The van der Waals surface area contributed by atoms with E-state index < -0.39 is 35.8 Å². The van der Waals surface area contributed by atoms with Crippen LogP contribution in [0.3, 0.4) is 0 Å². The first-order valence-corrected chi connectivity index (χ1v) is 11.0. The van der Waals surface area contributed by atoms with Crippen molar-refractivity contribution < 1.29 is 23.9 Å². The van der Waals surface area contributed by atoms with Gasteiger partial charge in [0.2, 0.25) is 11.8 Å². The zero-order valence-electron chi connectivity index (χ0n) is 19.9. The summed E-state index contributed by atoms with van der Waals surface area (Å²) >= 11 is 0. The van der Waals surface area contributed by atoms with Gasteiger partial charge in [0, 0.05) is 5.69 Å². The second-order valence-electron chi connectivity index (χ2n) is 8.57. The molecule has 2 aromatic carbocycles. The Labute approximate surface area is 198 Å². The van der Waals surface area contributed by atoms with Crippen molar-refractivity contribution in [3.63, 3.8) is 0 Å². The van der Waals surface area contributed by atoms with Crippen LogP contribution in [0, 0.1) is 13.8 Å². The summed E-state index contributed by atoms with van der Waals surface area (Å²) in [5, 5.41) is 7.90. The lowest BCUT2D eigenvalue weighted by molar-refractivity contribution is -0.134. The molecule has 1 atom stereocenters. The zero-order valence-corrected chi connectivity index (χ0v) is 19.9. The first-order valence-electron chi connectivity index (χ1n) is 11.0. The van der Waals surface area contributed by atoms with Crippen LogP contribution in [0.15, 0.2) is 42.5 Å². The van der Waals surface area contributed by atoms with Crippen molar-refractivity contribution in [3.05, 3.63) is 59.2 Å². The molecule has 1 heterocycles. The van der Waals surface area contributed by atoms with Gasteiger partial charge in [-0.15, -0.1) is 0 Å².